The lowest BCUT2D eigenvalue weighted by atomic mass is 9.89. The quantitative estimate of drug-likeness (QED) is 0.137. The van der Waals surface area contributed by atoms with Crippen LogP contribution in [-0.4, -0.2) is 9.97 Å². The van der Waals surface area contributed by atoms with Crippen LogP contribution in [0.1, 0.15) is 12.8 Å². The Balaban J connectivity index is 0.000000406. The van der Waals surface area contributed by atoms with E-state index >= 15 is 0 Å². The van der Waals surface area contributed by atoms with Gasteiger partial charge in [-0.25, -0.2) is 9.97 Å². The summed E-state index contributed by atoms with van der Waals surface area (Å²) in [6.45, 7) is 5.64. The highest BCUT2D eigenvalue weighted by atomic mass is 16.4. The Morgan fingerprint density at radius 1 is 0.338 bits per heavy atom. The summed E-state index contributed by atoms with van der Waals surface area (Å²) in [5.41, 5.74) is 20.2. The van der Waals surface area contributed by atoms with E-state index in [1.165, 1.54) is 55.3 Å². The van der Waals surface area contributed by atoms with Gasteiger partial charge < -0.3 is 13.7 Å². The van der Waals surface area contributed by atoms with Crippen molar-refractivity contribution in [3.63, 3.8) is 0 Å². The summed E-state index contributed by atoms with van der Waals surface area (Å²) in [4.78, 5) is 11.3. The van der Waals surface area contributed by atoms with Gasteiger partial charge in [0, 0.05) is 28.2 Å². The van der Waals surface area contributed by atoms with Crippen molar-refractivity contribution in [3.8, 4) is 67.1 Å². The molecule has 74 heavy (non-hydrogen) atoms. The van der Waals surface area contributed by atoms with Gasteiger partial charge in [0.25, 0.3) is 0 Å². The van der Waals surface area contributed by atoms with Crippen molar-refractivity contribution in [2.24, 2.45) is 0 Å². The Kier molecular flexibility index (Phi) is 12.3. The molecule has 13 rings (SSSR count). The highest BCUT2D eigenvalue weighted by Gasteiger charge is 2.17. The van der Waals surface area contributed by atoms with Crippen LogP contribution in [0.25, 0.3) is 106 Å². The topological polar surface area (TPSA) is 55.3 Å². The number of rotatable bonds is 10. The molecule has 0 aliphatic carbocycles. The largest absolute Gasteiger partial charge is 0.436 e. The van der Waals surface area contributed by atoms with Crippen LogP contribution in [0.2, 0.25) is 0 Å². The number of oxazole rings is 2. The molecule has 352 valence electrons. The molecule has 0 spiro atoms. The zero-order chi connectivity index (χ0) is 49.8. The fourth-order valence-electron chi connectivity index (χ4n) is 9.62. The van der Waals surface area contributed by atoms with Gasteiger partial charge >= 0.3 is 0 Å². The molecule has 0 saturated carbocycles. The summed E-state index contributed by atoms with van der Waals surface area (Å²) in [6, 6.07) is 93.9. The summed E-state index contributed by atoms with van der Waals surface area (Å²) in [5, 5.41) is 2.51. The fraction of sp³-hybridized carbons (Fsp3) is 0.0145. The Bertz CT molecular complexity index is 4010. The SMILES string of the molecule is C=C(C)c1nc2ccccc2o1.c1ccc(N(c2ccc(-c3ccc(-c4ccc5ccccc5c4)cc3)cc2)c2ccc(-c3ccccc3-c3ccccc3-c3ccc(-c4nc5ccccc5o4)cc3)cc2)cc1. The number of fused-ring (bicyclic) bond motifs is 3. The number of nitrogens with zero attached hydrogens (tertiary/aromatic N) is 3. The molecule has 0 aliphatic rings. The van der Waals surface area contributed by atoms with Crippen LogP contribution in [0.4, 0.5) is 17.1 Å². The van der Waals surface area contributed by atoms with Crippen molar-refractivity contribution in [2.75, 3.05) is 4.90 Å². The fourth-order valence-corrected chi connectivity index (χ4v) is 9.62. The summed E-state index contributed by atoms with van der Waals surface area (Å²) in [5.74, 6) is 1.25. The lowest BCUT2D eigenvalue weighted by Crippen LogP contribution is -2.09. The first-order valence-electron chi connectivity index (χ1n) is 24.8. The van der Waals surface area contributed by atoms with Gasteiger partial charge in [-0.2, -0.15) is 0 Å². The average molecular weight is 952 g/mol. The first-order chi connectivity index (χ1) is 36.5. The van der Waals surface area contributed by atoms with Crippen molar-refractivity contribution < 1.29 is 8.83 Å². The van der Waals surface area contributed by atoms with Crippen LogP contribution in [0.5, 0.6) is 0 Å². The van der Waals surface area contributed by atoms with Gasteiger partial charge in [0.2, 0.25) is 11.8 Å². The molecule has 13 aromatic rings. The van der Waals surface area contributed by atoms with Gasteiger partial charge in [-0.3, -0.25) is 0 Å². The second kappa shape index (κ2) is 20.1. The Hall–Kier alpha value is -9.84. The monoisotopic (exact) mass is 951 g/mol. The number of allylic oxidation sites excluding steroid dienone is 1. The van der Waals surface area contributed by atoms with Crippen molar-refractivity contribution in [3.05, 3.63) is 279 Å². The summed E-state index contributed by atoms with van der Waals surface area (Å²) in [7, 11) is 0. The number of anilines is 3. The lowest BCUT2D eigenvalue weighted by molar-refractivity contribution is 0.584. The molecule has 0 atom stereocenters. The molecule has 0 radical (unpaired) electrons. The standard InChI is InChI=1S/C59H40N2O.C10H9NO/c1-2-14-50(15-3-1)61(51-36-32-43(33-37-51)42-22-24-44(25-23-42)49-31-26-41-12-4-5-13-48(41)40-49)52-38-34-46(35-39-52)54-17-7-9-19-56(54)55-18-8-6-16-53(55)45-27-29-47(30-28-45)59-60-57-20-10-11-21-58(57)62-59;1-7(2)10-11-8-5-3-4-6-9(8)12-10/h1-40H;3-6H,1H2,2H3. The first-order valence-corrected chi connectivity index (χ1v) is 24.8. The Morgan fingerprint density at radius 3 is 1.31 bits per heavy atom. The molecule has 0 aliphatic heterocycles. The maximum Gasteiger partial charge on any atom is 0.227 e. The maximum absolute atomic E-state index is 6.06. The molecule has 5 heteroatoms. The third-order valence-electron chi connectivity index (χ3n) is 13.4. The van der Waals surface area contributed by atoms with E-state index in [9.17, 15) is 0 Å². The van der Waals surface area contributed by atoms with E-state index in [1.54, 1.807) is 0 Å². The molecule has 0 bridgehead atoms. The molecular formula is C69H49N3O2. The van der Waals surface area contributed by atoms with Crippen LogP contribution in [0, 0.1) is 0 Å². The zero-order valence-corrected chi connectivity index (χ0v) is 40.8. The van der Waals surface area contributed by atoms with Gasteiger partial charge in [-0.1, -0.05) is 195 Å². The van der Waals surface area contributed by atoms with E-state index in [2.05, 4.69) is 235 Å². The van der Waals surface area contributed by atoms with E-state index in [4.69, 9.17) is 13.8 Å². The van der Waals surface area contributed by atoms with Gasteiger partial charge in [0.1, 0.15) is 11.0 Å². The molecule has 0 amide bonds. The highest BCUT2D eigenvalue weighted by Crippen LogP contribution is 2.41. The lowest BCUT2D eigenvalue weighted by Gasteiger charge is -2.26. The molecule has 2 aromatic heterocycles. The normalized spacial score (nSPS) is 11.1. The Morgan fingerprint density at radius 2 is 0.743 bits per heavy atom. The van der Waals surface area contributed by atoms with E-state index in [0.29, 0.717) is 11.8 Å². The van der Waals surface area contributed by atoms with E-state index in [-0.39, 0.29) is 0 Å². The molecule has 0 saturated heterocycles. The smallest absolute Gasteiger partial charge is 0.227 e. The average Bonchev–Trinajstić information content (AvgIpc) is 4.12. The maximum atomic E-state index is 6.06. The molecule has 11 aromatic carbocycles. The van der Waals surface area contributed by atoms with Gasteiger partial charge in [0.05, 0.1) is 0 Å². The molecule has 0 fully saturated rings. The predicted molar refractivity (Wildman–Crippen MR) is 308 cm³/mol. The molecule has 2 heterocycles. The van der Waals surface area contributed by atoms with E-state index in [1.807, 2.05) is 55.5 Å². The molecule has 0 unspecified atom stereocenters. The van der Waals surface area contributed by atoms with Crippen molar-refractivity contribution in [1.82, 2.24) is 9.97 Å². The van der Waals surface area contributed by atoms with Gasteiger partial charge in [-0.05, 0) is 152 Å². The number of hydrogen-bond acceptors (Lipinski definition) is 5. The second-order valence-electron chi connectivity index (χ2n) is 18.3. The van der Waals surface area contributed by atoms with E-state index in [0.717, 1.165) is 61.5 Å². The van der Waals surface area contributed by atoms with Crippen LogP contribution in [0.3, 0.4) is 0 Å². The van der Waals surface area contributed by atoms with Crippen LogP contribution in [-0.2, 0) is 0 Å². The summed E-state index contributed by atoms with van der Waals surface area (Å²) < 4.78 is 11.5. The van der Waals surface area contributed by atoms with Crippen molar-refractivity contribution in [2.45, 2.75) is 6.92 Å². The van der Waals surface area contributed by atoms with Crippen molar-refractivity contribution in [1.29, 1.82) is 0 Å². The molecule has 0 N–H and O–H groups in total. The number of para-hydroxylation sites is 5. The molecular weight excluding hydrogens is 903 g/mol. The number of benzene rings is 11. The second-order valence-corrected chi connectivity index (χ2v) is 18.3. The minimum atomic E-state index is 0.621. The van der Waals surface area contributed by atoms with Crippen LogP contribution < -0.4 is 4.90 Å². The van der Waals surface area contributed by atoms with Gasteiger partial charge in [0.15, 0.2) is 11.2 Å². The summed E-state index contributed by atoms with van der Waals surface area (Å²) >= 11 is 0. The van der Waals surface area contributed by atoms with Crippen molar-refractivity contribution >= 4 is 55.6 Å². The third-order valence-corrected chi connectivity index (χ3v) is 13.4. The summed E-state index contributed by atoms with van der Waals surface area (Å²) in [6.07, 6.45) is 0. The minimum Gasteiger partial charge on any atom is -0.436 e. The third kappa shape index (κ3) is 9.30. The number of aromatic nitrogens is 2. The zero-order valence-electron chi connectivity index (χ0n) is 40.8. The molecule has 5 nitrogen and oxygen atoms in total. The minimum absolute atomic E-state index is 0.621. The predicted octanol–water partition coefficient (Wildman–Crippen LogP) is 19.3. The van der Waals surface area contributed by atoms with Crippen LogP contribution >= 0.6 is 0 Å². The van der Waals surface area contributed by atoms with Crippen LogP contribution in [0.15, 0.2) is 282 Å². The number of hydrogen-bond donors (Lipinski definition) is 0. The Labute approximate surface area is 430 Å². The van der Waals surface area contributed by atoms with E-state index < -0.39 is 0 Å². The van der Waals surface area contributed by atoms with Gasteiger partial charge in [-0.15, -0.1) is 0 Å². The highest BCUT2D eigenvalue weighted by molar-refractivity contribution is 5.93. The first kappa shape index (κ1) is 45.3.